The van der Waals surface area contributed by atoms with Gasteiger partial charge in [0.2, 0.25) is 5.88 Å². The van der Waals surface area contributed by atoms with E-state index < -0.39 is 6.09 Å². The van der Waals surface area contributed by atoms with Gasteiger partial charge in [-0.2, -0.15) is 0 Å². The number of rotatable bonds is 2. The van der Waals surface area contributed by atoms with Crippen molar-refractivity contribution in [1.29, 1.82) is 0 Å². The summed E-state index contributed by atoms with van der Waals surface area (Å²) in [6.07, 6.45) is -0.482. The standard InChI is InChI=1S/C13H12BrN3O2/c1-17(2)13(18)19-12-7-6-11(15-16-12)9-4-3-5-10(14)8-9/h3-8H,1-2H3. The second-order valence-electron chi connectivity index (χ2n) is 4.03. The average molecular weight is 322 g/mol. The third-order valence-corrected chi connectivity index (χ3v) is 2.81. The fourth-order valence-corrected chi connectivity index (χ4v) is 1.76. The number of benzene rings is 1. The molecule has 0 aliphatic heterocycles. The van der Waals surface area contributed by atoms with Gasteiger partial charge in [-0.3, -0.25) is 0 Å². The number of hydrogen-bond acceptors (Lipinski definition) is 4. The zero-order valence-corrected chi connectivity index (χ0v) is 12.1. The highest BCUT2D eigenvalue weighted by atomic mass is 79.9. The average Bonchev–Trinajstić information content (AvgIpc) is 2.39. The van der Waals surface area contributed by atoms with E-state index in [0.717, 1.165) is 10.0 Å². The lowest BCUT2D eigenvalue weighted by molar-refractivity contribution is 0.169. The van der Waals surface area contributed by atoms with Crippen LogP contribution < -0.4 is 4.74 Å². The molecule has 0 atom stereocenters. The van der Waals surface area contributed by atoms with E-state index in [4.69, 9.17) is 4.74 Å². The number of halogens is 1. The SMILES string of the molecule is CN(C)C(=O)Oc1ccc(-c2cccc(Br)c2)nn1. The van der Waals surface area contributed by atoms with Crippen LogP contribution in [0, 0.1) is 0 Å². The molecular formula is C13H12BrN3O2. The van der Waals surface area contributed by atoms with Crippen LogP contribution in [0.1, 0.15) is 0 Å². The van der Waals surface area contributed by atoms with E-state index in [-0.39, 0.29) is 5.88 Å². The van der Waals surface area contributed by atoms with Crippen LogP contribution in [0.2, 0.25) is 0 Å². The van der Waals surface area contributed by atoms with Gasteiger partial charge in [-0.05, 0) is 18.2 Å². The Morgan fingerprint density at radius 1 is 1.21 bits per heavy atom. The molecule has 2 aromatic rings. The van der Waals surface area contributed by atoms with E-state index >= 15 is 0 Å². The third-order valence-electron chi connectivity index (χ3n) is 2.32. The minimum atomic E-state index is -0.482. The van der Waals surface area contributed by atoms with Crippen LogP contribution in [0.15, 0.2) is 40.9 Å². The number of hydrogen-bond donors (Lipinski definition) is 0. The molecular weight excluding hydrogens is 310 g/mol. The summed E-state index contributed by atoms with van der Waals surface area (Å²) in [5.74, 6) is 0.178. The second kappa shape index (κ2) is 5.79. The molecule has 0 fully saturated rings. The highest BCUT2D eigenvalue weighted by Gasteiger charge is 2.08. The first-order valence-corrected chi connectivity index (χ1v) is 6.34. The highest BCUT2D eigenvalue weighted by molar-refractivity contribution is 9.10. The quantitative estimate of drug-likeness (QED) is 0.853. The van der Waals surface area contributed by atoms with Gasteiger partial charge in [0, 0.05) is 30.2 Å². The van der Waals surface area contributed by atoms with Crippen LogP contribution in [0.5, 0.6) is 5.88 Å². The molecule has 1 aromatic carbocycles. The summed E-state index contributed by atoms with van der Waals surface area (Å²) in [5, 5.41) is 7.91. The summed E-state index contributed by atoms with van der Waals surface area (Å²) in [4.78, 5) is 12.7. The molecule has 0 unspecified atom stereocenters. The molecule has 0 saturated carbocycles. The fraction of sp³-hybridized carbons (Fsp3) is 0.154. The van der Waals surface area contributed by atoms with Crippen molar-refractivity contribution in [1.82, 2.24) is 15.1 Å². The molecule has 1 aromatic heterocycles. The maximum absolute atomic E-state index is 11.3. The van der Waals surface area contributed by atoms with Crippen molar-refractivity contribution in [2.24, 2.45) is 0 Å². The fourth-order valence-electron chi connectivity index (χ4n) is 1.36. The zero-order chi connectivity index (χ0) is 13.8. The van der Waals surface area contributed by atoms with Gasteiger partial charge in [0.05, 0.1) is 5.69 Å². The van der Waals surface area contributed by atoms with Gasteiger partial charge in [0.1, 0.15) is 0 Å². The summed E-state index contributed by atoms with van der Waals surface area (Å²) in [5.41, 5.74) is 1.65. The predicted octanol–water partition coefficient (Wildman–Crippen LogP) is 2.97. The number of ether oxygens (including phenoxy) is 1. The van der Waals surface area contributed by atoms with Gasteiger partial charge in [0.15, 0.2) is 0 Å². The Morgan fingerprint density at radius 3 is 2.58 bits per heavy atom. The Bertz CT molecular complexity index is 585. The normalized spacial score (nSPS) is 10.1. The van der Waals surface area contributed by atoms with E-state index in [1.165, 1.54) is 4.90 Å². The number of nitrogens with zero attached hydrogens (tertiary/aromatic N) is 3. The minimum absolute atomic E-state index is 0.178. The van der Waals surface area contributed by atoms with Gasteiger partial charge < -0.3 is 9.64 Å². The first kappa shape index (κ1) is 13.5. The van der Waals surface area contributed by atoms with Crippen molar-refractivity contribution in [2.45, 2.75) is 0 Å². The van der Waals surface area contributed by atoms with E-state index in [9.17, 15) is 4.79 Å². The van der Waals surface area contributed by atoms with Crippen LogP contribution in [-0.2, 0) is 0 Å². The first-order valence-electron chi connectivity index (χ1n) is 5.55. The van der Waals surface area contributed by atoms with Gasteiger partial charge >= 0.3 is 6.09 Å². The highest BCUT2D eigenvalue weighted by Crippen LogP contribution is 2.21. The summed E-state index contributed by atoms with van der Waals surface area (Å²) in [6, 6.07) is 11.1. The second-order valence-corrected chi connectivity index (χ2v) is 4.95. The van der Waals surface area contributed by atoms with Gasteiger partial charge in [-0.1, -0.05) is 28.1 Å². The summed E-state index contributed by atoms with van der Waals surface area (Å²) < 4.78 is 5.96. The molecule has 19 heavy (non-hydrogen) atoms. The number of carbonyl (C=O) groups is 1. The van der Waals surface area contributed by atoms with Crippen LogP contribution in [0.25, 0.3) is 11.3 Å². The minimum Gasteiger partial charge on any atom is -0.389 e. The molecule has 5 nitrogen and oxygen atoms in total. The molecule has 0 bridgehead atoms. The van der Waals surface area contributed by atoms with Crippen molar-refractivity contribution in [2.75, 3.05) is 14.1 Å². The lowest BCUT2D eigenvalue weighted by Gasteiger charge is -2.09. The Kier molecular flexibility index (Phi) is 4.11. The lowest BCUT2D eigenvalue weighted by atomic mass is 10.1. The van der Waals surface area contributed by atoms with E-state index in [2.05, 4.69) is 26.1 Å². The molecule has 1 amide bonds. The smallest absolute Gasteiger partial charge is 0.389 e. The van der Waals surface area contributed by atoms with Gasteiger partial charge in [-0.15, -0.1) is 10.2 Å². The Balaban J connectivity index is 2.17. The predicted molar refractivity (Wildman–Crippen MR) is 74.9 cm³/mol. The monoisotopic (exact) mass is 321 g/mol. The van der Waals surface area contributed by atoms with Crippen molar-refractivity contribution >= 4 is 22.0 Å². The van der Waals surface area contributed by atoms with Crippen molar-refractivity contribution in [3.8, 4) is 17.1 Å². The van der Waals surface area contributed by atoms with Crippen LogP contribution in [0.3, 0.4) is 0 Å². The Labute approximate surface area is 119 Å². The number of aromatic nitrogens is 2. The molecule has 0 radical (unpaired) electrons. The van der Waals surface area contributed by atoms with E-state index in [0.29, 0.717) is 5.69 Å². The molecule has 1 heterocycles. The summed E-state index contributed by atoms with van der Waals surface area (Å²) in [7, 11) is 3.21. The molecule has 0 aliphatic rings. The zero-order valence-electron chi connectivity index (χ0n) is 10.5. The van der Waals surface area contributed by atoms with Crippen molar-refractivity contribution < 1.29 is 9.53 Å². The van der Waals surface area contributed by atoms with Crippen LogP contribution in [-0.4, -0.2) is 35.3 Å². The van der Waals surface area contributed by atoms with Crippen LogP contribution >= 0.6 is 15.9 Å². The summed E-state index contributed by atoms with van der Waals surface area (Å²) in [6.45, 7) is 0. The van der Waals surface area contributed by atoms with Crippen LogP contribution in [0.4, 0.5) is 4.79 Å². The summed E-state index contributed by atoms with van der Waals surface area (Å²) >= 11 is 3.40. The van der Waals surface area contributed by atoms with E-state index in [1.54, 1.807) is 26.2 Å². The molecule has 2 rings (SSSR count). The molecule has 6 heteroatoms. The van der Waals surface area contributed by atoms with E-state index in [1.807, 2.05) is 24.3 Å². The largest absolute Gasteiger partial charge is 0.416 e. The lowest BCUT2D eigenvalue weighted by Crippen LogP contribution is -2.25. The Hall–Kier alpha value is -1.95. The Morgan fingerprint density at radius 2 is 2.00 bits per heavy atom. The molecule has 0 saturated heterocycles. The molecule has 0 spiro atoms. The number of carbonyl (C=O) groups excluding carboxylic acids is 1. The van der Waals surface area contributed by atoms with Crippen molar-refractivity contribution in [3.05, 3.63) is 40.9 Å². The molecule has 98 valence electrons. The number of amides is 1. The molecule has 0 aliphatic carbocycles. The maximum Gasteiger partial charge on any atom is 0.416 e. The van der Waals surface area contributed by atoms with Crippen molar-refractivity contribution in [3.63, 3.8) is 0 Å². The maximum atomic E-state index is 11.3. The third kappa shape index (κ3) is 3.51. The first-order chi connectivity index (χ1) is 9.06. The van der Waals surface area contributed by atoms with Gasteiger partial charge in [0.25, 0.3) is 0 Å². The van der Waals surface area contributed by atoms with Gasteiger partial charge in [-0.25, -0.2) is 4.79 Å². The topological polar surface area (TPSA) is 55.3 Å². The molecule has 0 N–H and O–H groups in total.